The summed E-state index contributed by atoms with van der Waals surface area (Å²) in [6, 6.07) is 6.05. The van der Waals surface area contributed by atoms with Gasteiger partial charge in [0.15, 0.2) is 11.5 Å². The van der Waals surface area contributed by atoms with Crippen LogP contribution in [0.15, 0.2) is 18.2 Å². The molecule has 1 fully saturated rings. The van der Waals surface area contributed by atoms with E-state index in [9.17, 15) is 4.79 Å². The number of hydrogen-bond acceptors (Lipinski definition) is 4. The molecule has 2 atom stereocenters. The molecule has 1 aliphatic heterocycles. The van der Waals surface area contributed by atoms with E-state index < -0.39 is 0 Å². The Morgan fingerprint density at radius 1 is 1.36 bits per heavy atom. The normalized spacial score (nSPS) is 19.1. The molecule has 122 valence electrons. The lowest BCUT2D eigenvalue weighted by Crippen LogP contribution is -2.38. The van der Waals surface area contributed by atoms with Crippen LogP contribution < -0.4 is 14.8 Å². The fourth-order valence-electron chi connectivity index (χ4n) is 3.11. The third-order valence-corrected chi connectivity index (χ3v) is 4.26. The molecular formula is C17H26N2O3. The van der Waals surface area contributed by atoms with Crippen LogP contribution in [0.25, 0.3) is 0 Å². The van der Waals surface area contributed by atoms with E-state index in [1.54, 1.807) is 14.2 Å². The monoisotopic (exact) mass is 306 g/mol. The predicted octanol–water partition coefficient (Wildman–Crippen LogP) is 2.22. The molecule has 1 aliphatic rings. The molecule has 1 saturated heterocycles. The molecule has 0 aliphatic carbocycles. The van der Waals surface area contributed by atoms with Crippen LogP contribution in [0.3, 0.4) is 0 Å². The molecule has 1 aromatic carbocycles. The number of hydrogen-bond donors (Lipinski definition) is 1. The molecule has 5 nitrogen and oxygen atoms in total. The maximum atomic E-state index is 12.6. The first-order valence-corrected chi connectivity index (χ1v) is 7.79. The van der Waals surface area contributed by atoms with E-state index in [0.29, 0.717) is 18.0 Å². The van der Waals surface area contributed by atoms with Crippen molar-refractivity contribution in [2.24, 2.45) is 5.92 Å². The van der Waals surface area contributed by atoms with Crippen LogP contribution in [0.5, 0.6) is 11.5 Å². The third-order valence-electron chi connectivity index (χ3n) is 4.26. The number of ether oxygens (including phenoxy) is 2. The molecule has 0 aromatic heterocycles. The van der Waals surface area contributed by atoms with Gasteiger partial charge >= 0.3 is 0 Å². The van der Waals surface area contributed by atoms with Crippen molar-refractivity contribution in [1.82, 2.24) is 10.2 Å². The molecule has 5 heteroatoms. The number of likely N-dealkylation sites (tertiary alicyclic amines) is 1. The van der Waals surface area contributed by atoms with Crippen molar-refractivity contribution in [3.8, 4) is 11.5 Å². The van der Waals surface area contributed by atoms with Crippen molar-refractivity contribution < 1.29 is 14.3 Å². The predicted molar refractivity (Wildman–Crippen MR) is 86.3 cm³/mol. The van der Waals surface area contributed by atoms with Crippen molar-refractivity contribution in [2.75, 3.05) is 34.4 Å². The van der Waals surface area contributed by atoms with Crippen LogP contribution in [0, 0.1) is 5.92 Å². The van der Waals surface area contributed by atoms with Crippen molar-refractivity contribution >= 4 is 5.91 Å². The van der Waals surface area contributed by atoms with Gasteiger partial charge in [0.1, 0.15) is 0 Å². The minimum absolute atomic E-state index is 0.00857. The zero-order valence-electron chi connectivity index (χ0n) is 13.9. The summed E-state index contributed by atoms with van der Waals surface area (Å²) in [5, 5.41) is 3.08. The van der Waals surface area contributed by atoms with Gasteiger partial charge in [-0.15, -0.1) is 0 Å². The first-order valence-electron chi connectivity index (χ1n) is 7.79. The summed E-state index contributed by atoms with van der Waals surface area (Å²) in [4.78, 5) is 14.6. The van der Waals surface area contributed by atoms with Crippen LogP contribution in [-0.2, 0) is 4.79 Å². The number of benzene rings is 1. The largest absolute Gasteiger partial charge is 0.493 e. The van der Waals surface area contributed by atoms with Crippen LogP contribution in [0.2, 0.25) is 0 Å². The van der Waals surface area contributed by atoms with Crippen molar-refractivity contribution in [3.05, 3.63) is 23.8 Å². The van der Waals surface area contributed by atoms with Crippen molar-refractivity contribution in [2.45, 2.75) is 25.8 Å². The lowest BCUT2D eigenvalue weighted by Gasteiger charge is -2.28. The second-order valence-electron chi connectivity index (χ2n) is 5.76. The first-order chi connectivity index (χ1) is 10.6. The van der Waals surface area contributed by atoms with Crippen molar-refractivity contribution in [1.29, 1.82) is 0 Å². The van der Waals surface area contributed by atoms with E-state index in [1.807, 2.05) is 37.1 Å². The zero-order valence-corrected chi connectivity index (χ0v) is 13.9. The Balaban J connectivity index is 2.21. The Labute approximate surface area is 132 Å². The highest BCUT2D eigenvalue weighted by atomic mass is 16.5. The molecule has 0 saturated carbocycles. The van der Waals surface area contributed by atoms with Gasteiger partial charge in [0.25, 0.3) is 0 Å². The Morgan fingerprint density at radius 3 is 2.73 bits per heavy atom. The van der Waals surface area contributed by atoms with Gasteiger partial charge in [-0.25, -0.2) is 0 Å². The minimum Gasteiger partial charge on any atom is -0.493 e. The first kappa shape index (κ1) is 16.6. The molecule has 2 unspecified atom stereocenters. The van der Waals surface area contributed by atoms with Crippen LogP contribution in [0.1, 0.15) is 31.4 Å². The van der Waals surface area contributed by atoms with E-state index in [4.69, 9.17) is 9.47 Å². The number of carbonyl (C=O) groups excluding carboxylic acids is 1. The number of nitrogens with zero attached hydrogens (tertiary/aromatic N) is 1. The number of methoxy groups -OCH3 is 2. The molecule has 0 spiro atoms. The molecule has 1 aromatic rings. The summed E-state index contributed by atoms with van der Waals surface area (Å²) in [6.45, 7) is 3.50. The third kappa shape index (κ3) is 3.35. The number of amides is 1. The zero-order chi connectivity index (χ0) is 16.1. The van der Waals surface area contributed by atoms with Gasteiger partial charge in [0.2, 0.25) is 5.91 Å². The lowest BCUT2D eigenvalue weighted by molar-refractivity contribution is -0.135. The highest BCUT2D eigenvalue weighted by Crippen LogP contribution is 2.37. The van der Waals surface area contributed by atoms with Crippen molar-refractivity contribution in [3.63, 3.8) is 0 Å². The van der Waals surface area contributed by atoms with Crippen LogP contribution >= 0.6 is 0 Å². The highest BCUT2D eigenvalue weighted by Gasteiger charge is 2.32. The molecule has 1 N–H and O–H groups in total. The Hall–Kier alpha value is -1.75. The summed E-state index contributed by atoms with van der Waals surface area (Å²) < 4.78 is 10.7. The summed E-state index contributed by atoms with van der Waals surface area (Å²) in [5.41, 5.74) is 1.11. The topological polar surface area (TPSA) is 50.8 Å². The Bertz CT molecular complexity index is 519. The standard InChI is InChI=1S/C17H26N2O3/c1-12(11-18-2)17(20)19-9-5-6-14(19)13-7-8-15(21-3)16(10-13)22-4/h7-8,10,12,14,18H,5-6,9,11H2,1-4H3. The number of carbonyl (C=O) groups is 1. The lowest BCUT2D eigenvalue weighted by atomic mass is 10.0. The number of rotatable bonds is 6. The summed E-state index contributed by atoms with van der Waals surface area (Å²) >= 11 is 0. The molecular weight excluding hydrogens is 280 g/mol. The molecule has 0 radical (unpaired) electrons. The number of nitrogens with one attached hydrogen (secondary N) is 1. The average Bonchev–Trinajstić information content (AvgIpc) is 3.03. The smallest absolute Gasteiger partial charge is 0.227 e. The fraction of sp³-hybridized carbons (Fsp3) is 0.588. The fourth-order valence-corrected chi connectivity index (χ4v) is 3.11. The van der Waals surface area contributed by atoms with E-state index in [0.717, 1.165) is 24.9 Å². The molecule has 0 bridgehead atoms. The Morgan fingerprint density at radius 2 is 2.09 bits per heavy atom. The average molecular weight is 306 g/mol. The van der Waals surface area contributed by atoms with Gasteiger partial charge in [0, 0.05) is 19.0 Å². The molecule has 1 heterocycles. The molecule has 22 heavy (non-hydrogen) atoms. The van der Waals surface area contributed by atoms with Crippen LogP contribution in [0.4, 0.5) is 0 Å². The second-order valence-corrected chi connectivity index (χ2v) is 5.76. The van der Waals surface area contributed by atoms with Gasteiger partial charge in [-0.1, -0.05) is 13.0 Å². The van der Waals surface area contributed by atoms with E-state index in [2.05, 4.69) is 5.32 Å². The SMILES string of the molecule is CNCC(C)C(=O)N1CCCC1c1ccc(OC)c(OC)c1. The van der Waals surface area contributed by atoms with Crippen LogP contribution in [-0.4, -0.2) is 45.2 Å². The van der Waals surface area contributed by atoms with Gasteiger partial charge in [-0.3, -0.25) is 4.79 Å². The maximum absolute atomic E-state index is 12.6. The van der Waals surface area contributed by atoms with Gasteiger partial charge in [-0.05, 0) is 37.6 Å². The minimum atomic E-state index is -0.00857. The Kier molecular flexibility index (Phi) is 5.66. The second kappa shape index (κ2) is 7.49. The van der Waals surface area contributed by atoms with Gasteiger partial charge < -0.3 is 19.7 Å². The summed E-state index contributed by atoms with van der Waals surface area (Å²) in [7, 11) is 5.14. The molecule has 2 rings (SSSR count). The molecule has 1 amide bonds. The van der Waals surface area contributed by atoms with E-state index in [1.165, 1.54) is 0 Å². The summed E-state index contributed by atoms with van der Waals surface area (Å²) in [5.74, 6) is 1.63. The highest BCUT2D eigenvalue weighted by molar-refractivity contribution is 5.79. The maximum Gasteiger partial charge on any atom is 0.227 e. The van der Waals surface area contributed by atoms with E-state index >= 15 is 0 Å². The quantitative estimate of drug-likeness (QED) is 0.875. The van der Waals surface area contributed by atoms with Gasteiger partial charge in [-0.2, -0.15) is 0 Å². The van der Waals surface area contributed by atoms with Gasteiger partial charge in [0.05, 0.1) is 20.3 Å². The summed E-state index contributed by atoms with van der Waals surface area (Å²) in [6.07, 6.45) is 2.03. The van der Waals surface area contributed by atoms with E-state index in [-0.39, 0.29) is 17.9 Å².